The van der Waals surface area contributed by atoms with Gasteiger partial charge in [-0.05, 0) is 54.7 Å². The minimum absolute atomic E-state index is 0.0447. The Morgan fingerprint density at radius 1 is 0.909 bits per heavy atom. The van der Waals surface area contributed by atoms with Crippen molar-refractivity contribution in [1.82, 2.24) is 10.2 Å². The van der Waals surface area contributed by atoms with Crippen LogP contribution in [-0.4, -0.2) is 110 Å². The van der Waals surface area contributed by atoms with E-state index in [0.717, 1.165) is 86.8 Å². The van der Waals surface area contributed by atoms with E-state index in [9.17, 15) is 4.79 Å². The van der Waals surface area contributed by atoms with Gasteiger partial charge in [-0.15, -0.1) is 0 Å². The van der Waals surface area contributed by atoms with Crippen molar-refractivity contribution in [3.8, 4) is 11.5 Å². The Balaban J connectivity index is 1.28. The molecule has 10 heteroatoms. The van der Waals surface area contributed by atoms with Crippen LogP contribution in [0.2, 0.25) is 0 Å². The Morgan fingerprint density at radius 2 is 1.66 bits per heavy atom. The number of methoxy groups -OCH3 is 2. The van der Waals surface area contributed by atoms with E-state index in [1.54, 1.807) is 14.2 Å². The van der Waals surface area contributed by atoms with E-state index in [4.69, 9.17) is 28.4 Å². The number of amides is 1. The summed E-state index contributed by atoms with van der Waals surface area (Å²) >= 11 is 0. The summed E-state index contributed by atoms with van der Waals surface area (Å²) in [6.07, 6.45) is 3.58. The zero-order valence-corrected chi connectivity index (χ0v) is 26.3. The zero-order valence-electron chi connectivity index (χ0n) is 26.3. The lowest BCUT2D eigenvalue weighted by molar-refractivity contribution is -0.139. The van der Waals surface area contributed by atoms with Crippen LogP contribution in [0.15, 0.2) is 42.5 Å². The fourth-order valence-corrected chi connectivity index (χ4v) is 6.27. The Kier molecular flexibility index (Phi) is 12.5. The SMILES string of the molecule is COCCCOc1ccc(C2[C@@H](OCc3ccc4c(c3)N(CCCOC)CCO4)CNC[C@H]2OCC(=O)N2CCCC2)cc1. The molecule has 2 aromatic rings. The second kappa shape index (κ2) is 17.0. The van der Waals surface area contributed by atoms with Crippen molar-refractivity contribution in [1.29, 1.82) is 0 Å². The maximum absolute atomic E-state index is 12.8. The predicted molar refractivity (Wildman–Crippen MR) is 169 cm³/mol. The third-order valence-electron chi connectivity index (χ3n) is 8.62. The molecule has 2 saturated heterocycles. The Labute approximate surface area is 261 Å². The number of likely N-dealkylation sites (tertiary alicyclic amines) is 1. The van der Waals surface area contributed by atoms with Gasteiger partial charge in [0.2, 0.25) is 5.91 Å². The third-order valence-corrected chi connectivity index (χ3v) is 8.62. The standard InChI is InChI=1S/C34H49N3O7/c1-39-17-5-15-36-16-20-42-30-12-7-26(21-29(30)36)24-43-31-22-35-23-32(44-25-33(38)37-13-3-4-14-37)34(31)27-8-10-28(11-9-27)41-19-6-18-40-2/h7-12,21,31-32,34-35H,3-6,13-20,22-25H2,1-2H3/t31-,32+,34?/m0/s1. The Bertz CT molecular complexity index is 1160. The lowest BCUT2D eigenvalue weighted by Crippen LogP contribution is -2.51. The highest BCUT2D eigenvalue weighted by atomic mass is 16.5. The molecule has 0 spiro atoms. The summed E-state index contributed by atoms with van der Waals surface area (Å²) in [5.41, 5.74) is 3.31. The molecule has 0 bridgehead atoms. The Hall–Kier alpha value is -2.89. The Morgan fingerprint density at radius 3 is 2.43 bits per heavy atom. The normalized spacial score (nSPS) is 21.6. The molecule has 0 aromatic heterocycles. The first kappa shape index (κ1) is 32.5. The monoisotopic (exact) mass is 611 g/mol. The quantitative estimate of drug-likeness (QED) is 0.286. The summed E-state index contributed by atoms with van der Waals surface area (Å²) in [4.78, 5) is 17.1. The topological polar surface area (TPSA) is 91.0 Å². The number of rotatable bonds is 16. The van der Waals surface area contributed by atoms with E-state index in [-0.39, 0.29) is 30.6 Å². The molecule has 3 aliphatic heterocycles. The molecule has 1 amide bonds. The first-order valence-electron chi connectivity index (χ1n) is 16.1. The molecule has 0 aliphatic carbocycles. The van der Waals surface area contributed by atoms with Gasteiger partial charge in [0.25, 0.3) is 0 Å². The van der Waals surface area contributed by atoms with Crippen LogP contribution >= 0.6 is 0 Å². The molecule has 0 radical (unpaired) electrons. The molecular weight excluding hydrogens is 562 g/mol. The number of hydrogen-bond acceptors (Lipinski definition) is 9. The number of carbonyl (C=O) groups excluding carboxylic acids is 1. The van der Waals surface area contributed by atoms with Gasteiger partial charge in [0.1, 0.15) is 24.7 Å². The summed E-state index contributed by atoms with van der Waals surface area (Å²) in [6.45, 7) is 8.00. The highest BCUT2D eigenvalue weighted by Crippen LogP contribution is 2.35. The van der Waals surface area contributed by atoms with Crippen LogP contribution in [0.4, 0.5) is 5.69 Å². The lowest BCUT2D eigenvalue weighted by atomic mass is 9.85. The first-order chi connectivity index (χ1) is 21.7. The average molecular weight is 612 g/mol. The molecule has 1 N–H and O–H groups in total. The van der Waals surface area contributed by atoms with E-state index in [0.29, 0.717) is 39.5 Å². The van der Waals surface area contributed by atoms with E-state index in [1.165, 1.54) is 0 Å². The van der Waals surface area contributed by atoms with Gasteiger partial charge in [-0.1, -0.05) is 18.2 Å². The van der Waals surface area contributed by atoms with Crippen molar-refractivity contribution in [2.24, 2.45) is 0 Å². The molecule has 0 saturated carbocycles. The minimum atomic E-state index is -0.206. The van der Waals surface area contributed by atoms with Crippen LogP contribution in [0.1, 0.15) is 42.7 Å². The lowest BCUT2D eigenvalue weighted by Gasteiger charge is -2.39. The molecule has 1 unspecified atom stereocenters. The number of nitrogens with zero attached hydrogens (tertiary/aromatic N) is 2. The average Bonchev–Trinajstić information content (AvgIpc) is 3.61. The summed E-state index contributed by atoms with van der Waals surface area (Å²) in [6, 6.07) is 14.5. The molecule has 44 heavy (non-hydrogen) atoms. The summed E-state index contributed by atoms with van der Waals surface area (Å²) in [5, 5.41) is 3.50. The van der Waals surface area contributed by atoms with Gasteiger partial charge in [-0.3, -0.25) is 4.79 Å². The van der Waals surface area contributed by atoms with Crippen LogP contribution in [0.3, 0.4) is 0 Å². The third kappa shape index (κ3) is 8.85. The molecule has 3 aliphatic rings. The highest BCUT2D eigenvalue weighted by molar-refractivity contribution is 5.77. The molecule has 242 valence electrons. The van der Waals surface area contributed by atoms with E-state index < -0.39 is 0 Å². The largest absolute Gasteiger partial charge is 0.494 e. The predicted octanol–water partition coefficient (Wildman–Crippen LogP) is 3.62. The van der Waals surface area contributed by atoms with Gasteiger partial charge >= 0.3 is 0 Å². The number of nitrogens with one attached hydrogen (secondary N) is 1. The number of fused-ring (bicyclic) bond motifs is 1. The van der Waals surface area contributed by atoms with Crippen molar-refractivity contribution in [3.05, 3.63) is 53.6 Å². The molecule has 3 heterocycles. The van der Waals surface area contributed by atoms with Gasteiger partial charge in [0.05, 0.1) is 37.7 Å². The number of benzene rings is 2. The van der Waals surface area contributed by atoms with Crippen molar-refractivity contribution in [3.63, 3.8) is 0 Å². The molecule has 10 nitrogen and oxygen atoms in total. The number of hydrogen-bond donors (Lipinski definition) is 1. The fraction of sp³-hybridized carbons (Fsp3) is 0.618. The maximum Gasteiger partial charge on any atom is 0.248 e. The summed E-state index contributed by atoms with van der Waals surface area (Å²) in [5.74, 6) is 1.76. The van der Waals surface area contributed by atoms with Crippen LogP contribution in [0.25, 0.3) is 0 Å². The number of carbonyl (C=O) groups is 1. The fourth-order valence-electron chi connectivity index (χ4n) is 6.27. The molecule has 2 aromatic carbocycles. The maximum atomic E-state index is 12.8. The van der Waals surface area contributed by atoms with E-state index in [2.05, 4.69) is 34.5 Å². The van der Waals surface area contributed by atoms with Crippen LogP contribution in [0, 0.1) is 0 Å². The molecule has 3 atom stereocenters. The smallest absolute Gasteiger partial charge is 0.248 e. The van der Waals surface area contributed by atoms with Crippen LogP contribution < -0.4 is 19.7 Å². The van der Waals surface area contributed by atoms with Gasteiger partial charge in [0.15, 0.2) is 0 Å². The second-order valence-corrected chi connectivity index (χ2v) is 11.7. The molecular formula is C34H49N3O7. The van der Waals surface area contributed by atoms with Gasteiger partial charge < -0.3 is 43.5 Å². The van der Waals surface area contributed by atoms with E-state index in [1.807, 2.05) is 23.1 Å². The van der Waals surface area contributed by atoms with Gasteiger partial charge in [-0.25, -0.2) is 0 Å². The number of piperidine rings is 1. The first-order valence-corrected chi connectivity index (χ1v) is 16.1. The van der Waals surface area contributed by atoms with E-state index >= 15 is 0 Å². The summed E-state index contributed by atoms with van der Waals surface area (Å²) in [7, 11) is 3.44. The molecule has 2 fully saturated rings. The zero-order chi connectivity index (χ0) is 30.6. The van der Waals surface area contributed by atoms with Crippen molar-refractivity contribution in [2.45, 2.75) is 50.4 Å². The van der Waals surface area contributed by atoms with Crippen molar-refractivity contribution >= 4 is 11.6 Å². The number of anilines is 1. The van der Waals surface area contributed by atoms with Gasteiger partial charge in [-0.2, -0.15) is 0 Å². The highest BCUT2D eigenvalue weighted by Gasteiger charge is 2.37. The van der Waals surface area contributed by atoms with Crippen molar-refractivity contribution < 1.29 is 33.2 Å². The molecule has 5 rings (SSSR count). The second-order valence-electron chi connectivity index (χ2n) is 11.7. The minimum Gasteiger partial charge on any atom is -0.494 e. The van der Waals surface area contributed by atoms with Crippen molar-refractivity contribution in [2.75, 3.05) is 91.4 Å². The van der Waals surface area contributed by atoms with Crippen LogP contribution in [0.5, 0.6) is 11.5 Å². The van der Waals surface area contributed by atoms with Gasteiger partial charge in [0, 0.05) is 72.5 Å². The number of ether oxygens (including phenoxy) is 6. The summed E-state index contributed by atoms with van der Waals surface area (Å²) < 4.78 is 35.2. The van der Waals surface area contributed by atoms with Crippen LogP contribution in [-0.2, 0) is 30.3 Å².